The minimum atomic E-state index is 0.494. The second kappa shape index (κ2) is 7.12. The molecule has 6 nitrogen and oxygen atoms in total. The van der Waals surface area contributed by atoms with E-state index in [9.17, 15) is 0 Å². The molecule has 6 heteroatoms. The Labute approximate surface area is 141 Å². The Morgan fingerprint density at radius 1 is 1.08 bits per heavy atom. The van der Waals surface area contributed by atoms with Crippen molar-refractivity contribution in [2.75, 3.05) is 13.7 Å². The number of ether oxygens (including phenoxy) is 2. The van der Waals surface area contributed by atoms with Gasteiger partial charge in [-0.3, -0.25) is 0 Å². The SMILES string of the molecule is CCOc1nn(-c2ncc(OC)cn2)c(C)c1Cc1ccccc1. The summed E-state index contributed by atoms with van der Waals surface area (Å²) in [5.41, 5.74) is 3.21. The topological polar surface area (TPSA) is 62.1 Å². The quantitative estimate of drug-likeness (QED) is 0.697. The summed E-state index contributed by atoms with van der Waals surface area (Å²) in [5.74, 6) is 1.73. The Morgan fingerprint density at radius 2 is 1.79 bits per heavy atom. The highest BCUT2D eigenvalue weighted by atomic mass is 16.5. The molecule has 124 valence electrons. The molecule has 0 spiro atoms. The fourth-order valence-corrected chi connectivity index (χ4v) is 2.48. The monoisotopic (exact) mass is 324 g/mol. The minimum absolute atomic E-state index is 0.494. The lowest BCUT2D eigenvalue weighted by molar-refractivity contribution is 0.321. The van der Waals surface area contributed by atoms with Gasteiger partial charge >= 0.3 is 0 Å². The summed E-state index contributed by atoms with van der Waals surface area (Å²) in [6.45, 7) is 4.51. The maximum Gasteiger partial charge on any atom is 0.251 e. The van der Waals surface area contributed by atoms with Gasteiger partial charge in [-0.1, -0.05) is 30.3 Å². The molecule has 0 aliphatic carbocycles. The molecule has 0 aliphatic heterocycles. The molecule has 0 unspecified atom stereocenters. The van der Waals surface area contributed by atoms with Gasteiger partial charge in [0.1, 0.15) is 0 Å². The van der Waals surface area contributed by atoms with E-state index in [-0.39, 0.29) is 0 Å². The van der Waals surface area contributed by atoms with Gasteiger partial charge in [0, 0.05) is 12.0 Å². The van der Waals surface area contributed by atoms with E-state index in [0.717, 1.165) is 17.7 Å². The zero-order chi connectivity index (χ0) is 16.9. The van der Waals surface area contributed by atoms with Crippen LogP contribution in [0.4, 0.5) is 0 Å². The molecule has 0 saturated carbocycles. The van der Waals surface area contributed by atoms with Crippen LogP contribution in [-0.2, 0) is 6.42 Å². The van der Waals surface area contributed by atoms with E-state index in [4.69, 9.17) is 9.47 Å². The van der Waals surface area contributed by atoms with Crippen molar-refractivity contribution >= 4 is 0 Å². The molecule has 2 aromatic heterocycles. The Bertz CT molecular complexity index is 798. The summed E-state index contributed by atoms with van der Waals surface area (Å²) in [6.07, 6.45) is 4.00. The van der Waals surface area contributed by atoms with Crippen LogP contribution in [0.3, 0.4) is 0 Å². The van der Waals surface area contributed by atoms with Gasteiger partial charge in [0.25, 0.3) is 5.95 Å². The second-order valence-electron chi connectivity index (χ2n) is 5.30. The van der Waals surface area contributed by atoms with Crippen LogP contribution in [0.15, 0.2) is 42.7 Å². The predicted molar refractivity (Wildman–Crippen MR) is 90.9 cm³/mol. The second-order valence-corrected chi connectivity index (χ2v) is 5.30. The first kappa shape index (κ1) is 16.0. The molecule has 3 aromatic rings. The van der Waals surface area contributed by atoms with Crippen LogP contribution in [0.5, 0.6) is 11.6 Å². The highest BCUT2D eigenvalue weighted by Crippen LogP contribution is 2.26. The number of hydrogen-bond acceptors (Lipinski definition) is 5. The number of hydrogen-bond donors (Lipinski definition) is 0. The third kappa shape index (κ3) is 3.22. The van der Waals surface area contributed by atoms with Crippen molar-refractivity contribution in [2.24, 2.45) is 0 Å². The smallest absolute Gasteiger partial charge is 0.251 e. The summed E-state index contributed by atoms with van der Waals surface area (Å²) in [4.78, 5) is 8.62. The van der Waals surface area contributed by atoms with Crippen molar-refractivity contribution in [3.8, 4) is 17.6 Å². The largest absolute Gasteiger partial charge is 0.494 e. The molecule has 3 rings (SSSR count). The van der Waals surface area contributed by atoms with Crippen LogP contribution in [0.2, 0.25) is 0 Å². The predicted octanol–water partition coefficient (Wildman–Crippen LogP) is 2.97. The van der Waals surface area contributed by atoms with Crippen LogP contribution in [0, 0.1) is 6.92 Å². The molecule has 0 atom stereocenters. The molecule has 0 bridgehead atoms. The summed E-state index contributed by atoms with van der Waals surface area (Å²) in [6, 6.07) is 10.3. The van der Waals surface area contributed by atoms with Gasteiger partial charge in [-0.15, -0.1) is 5.10 Å². The number of nitrogens with zero attached hydrogens (tertiary/aromatic N) is 4. The minimum Gasteiger partial charge on any atom is -0.494 e. The Morgan fingerprint density at radius 3 is 2.42 bits per heavy atom. The van der Waals surface area contributed by atoms with Crippen molar-refractivity contribution in [1.82, 2.24) is 19.7 Å². The molecule has 0 amide bonds. The third-order valence-corrected chi connectivity index (χ3v) is 3.75. The first-order valence-electron chi connectivity index (χ1n) is 7.84. The maximum atomic E-state index is 5.72. The average Bonchev–Trinajstić information content (AvgIpc) is 2.93. The maximum absolute atomic E-state index is 5.72. The lowest BCUT2D eigenvalue weighted by atomic mass is 10.1. The van der Waals surface area contributed by atoms with E-state index in [1.54, 1.807) is 24.2 Å². The summed E-state index contributed by atoms with van der Waals surface area (Å²) < 4.78 is 12.5. The molecule has 0 N–H and O–H groups in total. The van der Waals surface area contributed by atoms with Crippen molar-refractivity contribution < 1.29 is 9.47 Å². The van der Waals surface area contributed by atoms with Crippen LogP contribution in [-0.4, -0.2) is 33.5 Å². The van der Waals surface area contributed by atoms with E-state index < -0.39 is 0 Å². The molecule has 0 saturated heterocycles. The van der Waals surface area contributed by atoms with Gasteiger partial charge in [-0.05, 0) is 19.4 Å². The van der Waals surface area contributed by atoms with Crippen molar-refractivity contribution in [2.45, 2.75) is 20.3 Å². The molecule has 24 heavy (non-hydrogen) atoms. The zero-order valence-corrected chi connectivity index (χ0v) is 14.1. The lowest BCUT2D eigenvalue weighted by Crippen LogP contribution is -2.05. The van der Waals surface area contributed by atoms with Crippen LogP contribution in [0.25, 0.3) is 5.95 Å². The lowest BCUT2D eigenvalue weighted by Gasteiger charge is -2.05. The fourth-order valence-electron chi connectivity index (χ4n) is 2.48. The third-order valence-electron chi connectivity index (χ3n) is 3.75. The fraction of sp³-hybridized carbons (Fsp3) is 0.278. The van der Waals surface area contributed by atoms with Gasteiger partial charge in [0.15, 0.2) is 5.75 Å². The molecule has 0 fully saturated rings. The first-order chi connectivity index (χ1) is 11.7. The molecular weight excluding hydrogens is 304 g/mol. The Kier molecular flexibility index (Phi) is 4.74. The number of benzene rings is 1. The van der Waals surface area contributed by atoms with Crippen molar-refractivity contribution in [1.29, 1.82) is 0 Å². The van der Waals surface area contributed by atoms with Gasteiger partial charge in [0.2, 0.25) is 5.88 Å². The van der Waals surface area contributed by atoms with E-state index in [1.807, 2.05) is 32.0 Å². The molecule has 0 aliphatic rings. The highest BCUT2D eigenvalue weighted by molar-refractivity contribution is 5.39. The molecular formula is C18H20N4O2. The van der Waals surface area contributed by atoms with Crippen LogP contribution < -0.4 is 9.47 Å². The van der Waals surface area contributed by atoms with Gasteiger partial charge in [-0.2, -0.15) is 4.68 Å². The van der Waals surface area contributed by atoms with Gasteiger partial charge in [-0.25, -0.2) is 9.97 Å². The van der Waals surface area contributed by atoms with Crippen LogP contribution >= 0.6 is 0 Å². The van der Waals surface area contributed by atoms with Gasteiger partial charge < -0.3 is 9.47 Å². The standard InChI is InChI=1S/C18H20N4O2/c1-4-24-17-16(10-14-8-6-5-7-9-14)13(2)22(21-17)18-19-11-15(23-3)12-20-18/h5-9,11-12H,4,10H2,1-3H3. The van der Waals surface area contributed by atoms with Crippen molar-refractivity contribution in [3.63, 3.8) is 0 Å². The summed E-state index contributed by atoms with van der Waals surface area (Å²) in [5, 5.41) is 4.55. The first-order valence-corrected chi connectivity index (χ1v) is 7.84. The molecule has 2 heterocycles. The summed E-state index contributed by atoms with van der Waals surface area (Å²) in [7, 11) is 1.59. The van der Waals surface area contributed by atoms with Gasteiger partial charge in [0.05, 0.1) is 31.8 Å². The average molecular weight is 324 g/mol. The summed E-state index contributed by atoms with van der Waals surface area (Å²) >= 11 is 0. The Hall–Kier alpha value is -2.89. The number of methoxy groups -OCH3 is 1. The van der Waals surface area contributed by atoms with E-state index in [1.165, 1.54) is 5.56 Å². The zero-order valence-electron chi connectivity index (χ0n) is 14.1. The Balaban J connectivity index is 2.00. The van der Waals surface area contributed by atoms with E-state index >= 15 is 0 Å². The molecule has 1 aromatic carbocycles. The van der Waals surface area contributed by atoms with E-state index in [0.29, 0.717) is 24.2 Å². The van der Waals surface area contributed by atoms with E-state index in [2.05, 4.69) is 27.2 Å². The molecule has 0 radical (unpaired) electrons. The number of aromatic nitrogens is 4. The highest BCUT2D eigenvalue weighted by Gasteiger charge is 2.18. The van der Waals surface area contributed by atoms with Crippen LogP contribution in [0.1, 0.15) is 23.7 Å². The normalized spacial score (nSPS) is 10.6. The number of rotatable bonds is 6. The van der Waals surface area contributed by atoms with Crippen molar-refractivity contribution in [3.05, 3.63) is 59.5 Å².